The lowest BCUT2D eigenvalue weighted by atomic mass is 9.68. The second kappa shape index (κ2) is 6.66. The zero-order valence-electron chi connectivity index (χ0n) is 14.0. The number of likely N-dealkylation sites (N-methyl/N-ethyl adjacent to an activating group) is 1. The van der Waals surface area contributed by atoms with Gasteiger partial charge in [0, 0.05) is 6.04 Å². The summed E-state index contributed by atoms with van der Waals surface area (Å²) in [7, 11) is 1.74. The quantitative estimate of drug-likeness (QED) is 0.819. The largest absolute Gasteiger partial charge is 0.480 e. The smallest absolute Gasteiger partial charge is 0.323 e. The molecule has 21 heavy (non-hydrogen) atoms. The molecular formula is C17H32N2O2. The lowest BCUT2D eigenvalue weighted by Crippen LogP contribution is -2.53. The van der Waals surface area contributed by atoms with Crippen LogP contribution in [0.25, 0.3) is 0 Å². The standard InChI is InChI=1S/C17H32N2O2/c1-14(13-16(2,18-3)15(20)21)19-11-9-17(10-12-19)7-5-4-6-8-17/h14,18H,4-13H2,1-3H3,(H,20,21). The molecule has 2 fully saturated rings. The highest BCUT2D eigenvalue weighted by Gasteiger charge is 2.39. The number of hydrogen-bond acceptors (Lipinski definition) is 3. The highest BCUT2D eigenvalue weighted by molar-refractivity contribution is 5.78. The third-order valence-electron chi connectivity index (χ3n) is 6.12. The molecule has 0 aromatic rings. The first-order valence-electron chi connectivity index (χ1n) is 8.57. The number of carboxylic acids is 1. The van der Waals surface area contributed by atoms with Gasteiger partial charge >= 0.3 is 5.97 Å². The number of piperidine rings is 1. The monoisotopic (exact) mass is 296 g/mol. The molecule has 2 N–H and O–H groups in total. The minimum absolute atomic E-state index is 0.319. The van der Waals surface area contributed by atoms with Crippen LogP contribution in [0, 0.1) is 5.41 Å². The molecule has 1 aliphatic carbocycles. The summed E-state index contributed by atoms with van der Waals surface area (Å²) in [6.07, 6.45) is 10.3. The molecule has 2 rings (SSSR count). The van der Waals surface area contributed by atoms with Gasteiger partial charge in [0.1, 0.15) is 5.54 Å². The maximum Gasteiger partial charge on any atom is 0.323 e. The first kappa shape index (κ1) is 16.8. The SMILES string of the molecule is CNC(C)(CC(C)N1CCC2(CCCCC2)CC1)C(=O)O. The third kappa shape index (κ3) is 3.78. The van der Waals surface area contributed by atoms with E-state index in [1.54, 1.807) is 14.0 Å². The molecule has 1 heterocycles. The fraction of sp³-hybridized carbons (Fsp3) is 0.941. The molecule has 1 saturated carbocycles. The van der Waals surface area contributed by atoms with Gasteiger partial charge in [0.05, 0.1) is 0 Å². The van der Waals surface area contributed by atoms with Gasteiger partial charge in [-0.1, -0.05) is 19.3 Å². The molecule has 4 heteroatoms. The van der Waals surface area contributed by atoms with E-state index in [4.69, 9.17) is 0 Å². The van der Waals surface area contributed by atoms with Crippen LogP contribution >= 0.6 is 0 Å². The maximum atomic E-state index is 11.4. The summed E-state index contributed by atoms with van der Waals surface area (Å²) in [6.45, 7) is 6.25. The second-order valence-corrected chi connectivity index (χ2v) is 7.54. The summed E-state index contributed by atoms with van der Waals surface area (Å²) in [6, 6.07) is 0.319. The normalized spacial score (nSPS) is 27.2. The Morgan fingerprint density at radius 2 is 1.81 bits per heavy atom. The molecule has 1 spiro atoms. The van der Waals surface area contributed by atoms with E-state index in [2.05, 4.69) is 17.1 Å². The van der Waals surface area contributed by atoms with E-state index in [0.29, 0.717) is 17.9 Å². The molecule has 1 aliphatic heterocycles. The van der Waals surface area contributed by atoms with Crippen LogP contribution in [0.1, 0.15) is 65.2 Å². The van der Waals surface area contributed by atoms with Gasteiger partial charge in [-0.2, -0.15) is 0 Å². The molecule has 1 saturated heterocycles. The first-order chi connectivity index (χ1) is 9.91. The van der Waals surface area contributed by atoms with Crippen LogP contribution in [0.2, 0.25) is 0 Å². The second-order valence-electron chi connectivity index (χ2n) is 7.54. The van der Waals surface area contributed by atoms with Crippen LogP contribution in [0.5, 0.6) is 0 Å². The molecule has 0 amide bonds. The Morgan fingerprint density at radius 3 is 2.29 bits per heavy atom. The summed E-state index contributed by atoms with van der Waals surface area (Å²) in [5, 5.41) is 12.4. The number of likely N-dealkylation sites (tertiary alicyclic amines) is 1. The molecule has 4 nitrogen and oxygen atoms in total. The number of nitrogens with one attached hydrogen (secondary N) is 1. The Hall–Kier alpha value is -0.610. The van der Waals surface area contributed by atoms with Gasteiger partial charge in [-0.25, -0.2) is 0 Å². The lowest BCUT2D eigenvalue weighted by Gasteiger charge is -2.46. The zero-order valence-corrected chi connectivity index (χ0v) is 14.0. The third-order valence-corrected chi connectivity index (χ3v) is 6.12. The fourth-order valence-electron chi connectivity index (χ4n) is 4.26. The first-order valence-corrected chi connectivity index (χ1v) is 8.57. The van der Waals surface area contributed by atoms with Gasteiger partial charge in [0.2, 0.25) is 0 Å². The molecule has 2 unspecified atom stereocenters. The van der Waals surface area contributed by atoms with Crippen molar-refractivity contribution >= 4 is 5.97 Å². The van der Waals surface area contributed by atoms with Crippen molar-refractivity contribution in [2.45, 2.75) is 76.8 Å². The molecule has 0 radical (unpaired) electrons. The van der Waals surface area contributed by atoms with Crippen LogP contribution in [0.15, 0.2) is 0 Å². The number of hydrogen-bond donors (Lipinski definition) is 2. The predicted octanol–water partition coefficient (Wildman–Crippen LogP) is 2.87. The van der Waals surface area contributed by atoms with Gasteiger partial charge in [0.25, 0.3) is 0 Å². The van der Waals surface area contributed by atoms with Gasteiger partial charge in [0.15, 0.2) is 0 Å². The summed E-state index contributed by atoms with van der Waals surface area (Å²) in [4.78, 5) is 13.9. The van der Waals surface area contributed by atoms with Crippen molar-refractivity contribution in [2.24, 2.45) is 5.41 Å². The summed E-state index contributed by atoms with van der Waals surface area (Å²) < 4.78 is 0. The molecule has 0 bridgehead atoms. The van der Waals surface area contributed by atoms with Crippen LogP contribution in [-0.2, 0) is 4.79 Å². The molecule has 2 atom stereocenters. The Balaban J connectivity index is 1.88. The fourth-order valence-corrected chi connectivity index (χ4v) is 4.26. The van der Waals surface area contributed by atoms with Crippen molar-refractivity contribution in [1.29, 1.82) is 0 Å². The van der Waals surface area contributed by atoms with E-state index in [-0.39, 0.29) is 0 Å². The van der Waals surface area contributed by atoms with Crippen LogP contribution in [0.3, 0.4) is 0 Å². The van der Waals surface area contributed by atoms with Crippen LogP contribution < -0.4 is 5.32 Å². The van der Waals surface area contributed by atoms with Crippen molar-refractivity contribution in [3.63, 3.8) is 0 Å². The van der Waals surface area contributed by atoms with E-state index in [1.807, 2.05) is 0 Å². The molecule has 2 aliphatic rings. The Kier molecular flexibility index (Phi) is 5.31. The highest BCUT2D eigenvalue weighted by Crippen LogP contribution is 2.44. The minimum atomic E-state index is -0.820. The van der Waals surface area contributed by atoms with E-state index >= 15 is 0 Å². The molecule has 122 valence electrons. The van der Waals surface area contributed by atoms with E-state index in [1.165, 1.54) is 44.9 Å². The number of rotatable bonds is 5. The number of carbonyl (C=O) groups is 1. The molecular weight excluding hydrogens is 264 g/mol. The van der Waals surface area contributed by atoms with Gasteiger partial charge in [-0.3, -0.25) is 4.79 Å². The Labute approximate surface area is 129 Å². The van der Waals surface area contributed by atoms with Gasteiger partial charge in [-0.15, -0.1) is 0 Å². The van der Waals surface area contributed by atoms with Gasteiger partial charge in [-0.05, 0) is 71.5 Å². The van der Waals surface area contributed by atoms with Crippen molar-refractivity contribution in [1.82, 2.24) is 10.2 Å². The molecule has 0 aromatic carbocycles. The van der Waals surface area contributed by atoms with Crippen LogP contribution in [-0.4, -0.2) is 47.7 Å². The number of nitrogens with zero attached hydrogens (tertiary/aromatic N) is 1. The Bertz CT molecular complexity index is 356. The minimum Gasteiger partial charge on any atom is -0.480 e. The summed E-state index contributed by atoms with van der Waals surface area (Å²) in [5.74, 6) is -0.752. The van der Waals surface area contributed by atoms with Crippen molar-refractivity contribution in [3.8, 4) is 0 Å². The highest BCUT2D eigenvalue weighted by atomic mass is 16.4. The van der Waals surface area contributed by atoms with Crippen molar-refractivity contribution in [3.05, 3.63) is 0 Å². The summed E-state index contributed by atoms with van der Waals surface area (Å²) in [5.41, 5.74) is -0.201. The Morgan fingerprint density at radius 1 is 1.24 bits per heavy atom. The molecule has 0 aromatic heterocycles. The number of aliphatic carboxylic acids is 1. The van der Waals surface area contributed by atoms with Gasteiger partial charge < -0.3 is 15.3 Å². The number of carboxylic acid groups (broad SMARTS) is 1. The van der Waals surface area contributed by atoms with E-state index in [9.17, 15) is 9.90 Å². The average Bonchev–Trinajstić information content (AvgIpc) is 2.48. The van der Waals surface area contributed by atoms with Crippen molar-refractivity contribution in [2.75, 3.05) is 20.1 Å². The predicted molar refractivity (Wildman–Crippen MR) is 85.5 cm³/mol. The lowest BCUT2D eigenvalue weighted by molar-refractivity contribution is -0.145. The average molecular weight is 296 g/mol. The van der Waals surface area contributed by atoms with Crippen molar-refractivity contribution < 1.29 is 9.90 Å². The summed E-state index contributed by atoms with van der Waals surface area (Å²) >= 11 is 0. The van der Waals surface area contributed by atoms with Crippen LogP contribution in [0.4, 0.5) is 0 Å². The van der Waals surface area contributed by atoms with E-state index in [0.717, 1.165) is 13.1 Å². The van der Waals surface area contributed by atoms with E-state index < -0.39 is 11.5 Å². The topological polar surface area (TPSA) is 52.6 Å². The maximum absolute atomic E-state index is 11.4. The zero-order chi connectivity index (χ0) is 15.5.